The fourth-order valence-corrected chi connectivity index (χ4v) is 3.16. The Kier molecular flexibility index (Phi) is 4.50. The van der Waals surface area contributed by atoms with Crippen molar-refractivity contribution >= 4 is 23.6 Å². The molecule has 2 atom stereocenters. The Hall–Kier alpha value is -0.750. The van der Waals surface area contributed by atoms with Gasteiger partial charge in [-0.2, -0.15) is 11.8 Å². The van der Waals surface area contributed by atoms with E-state index in [4.69, 9.17) is 5.73 Å². The Balaban J connectivity index is 1.87. The summed E-state index contributed by atoms with van der Waals surface area (Å²) in [4.78, 5) is 27.5. The highest BCUT2D eigenvalue weighted by atomic mass is 32.2. The lowest BCUT2D eigenvalue weighted by Gasteiger charge is -2.38. The van der Waals surface area contributed by atoms with Crippen molar-refractivity contribution in [2.24, 2.45) is 5.73 Å². The molecule has 6 heteroatoms. The zero-order valence-electron chi connectivity index (χ0n) is 10.8. The lowest BCUT2D eigenvalue weighted by atomic mass is 10.1. The second-order valence-corrected chi connectivity index (χ2v) is 5.94. The number of carbonyl (C=O) groups is 2. The van der Waals surface area contributed by atoms with Crippen LogP contribution in [0.3, 0.4) is 0 Å². The van der Waals surface area contributed by atoms with Crippen molar-refractivity contribution in [1.29, 1.82) is 0 Å². The van der Waals surface area contributed by atoms with Gasteiger partial charge in [0, 0.05) is 32.1 Å². The van der Waals surface area contributed by atoms with Gasteiger partial charge in [-0.3, -0.25) is 9.59 Å². The van der Waals surface area contributed by atoms with Gasteiger partial charge in [-0.05, 0) is 24.9 Å². The van der Waals surface area contributed by atoms with Crippen molar-refractivity contribution in [1.82, 2.24) is 9.80 Å². The summed E-state index contributed by atoms with van der Waals surface area (Å²) < 4.78 is 0. The van der Waals surface area contributed by atoms with Crippen molar-refractivity contribution in [3.8, 4) is 0 Å². The predicted molar refractivity (Wildman–Crippen MR) is 72.3 cm³/mol. The number of thioether (sulfide) groups is 1. The minimum atomic E-state index is -0.388. The van der Waals surface area contributed by atoms with Crippen LogP contribution in [0.2, 0.25) is 0 Å². The number of rotatable bonds is 4. The third-order valence-corrected chi connectivity index (χ3v) is 4.40. The standard InChI is InChI=1S/C12H21N3O2S/c1-18-7-4-10(13)12(17)14-5-6-15-9(8-14)2-3-11(15)16/h9-10H,2-8,13H2,1H3/t9?,10-/m1/s1. The van der Waals surface area contributed by atoms with Crippen LogP contribution in [0.5, 0.6) is 0 Å². The molecular formula is C12H21N3O2S. The number of amides is 2. The van der Waals surface area contributed by atoms with Gasteiger partial charge in [-0.25, -0.2) is 0 Å². The topological polar surface area (TPSA) is 66.6 Å². The Morgan fingerprint density at radius 1 is 1.56 bits per heavy atom. The van der Waals surface area contributed by atoms with Crippen LogP contribution in [-0.2, 0) is 9.59 Å². The first-order valence-corrected chi connectivity index (χ1v) is 7.85. The van der Waals surface area contributed by atoms with Crippen LogP contribution >= 0.6 is 11.8 Å². The molecule has 0 aliphatic carbocycles. The fraction of sp³-hybridized carbons (Fsp3) is 0.833. The first-order valence-electron chi connectivity index (χ1n) is 6.46. The highest BCUT2D eigenvalue weighted by Gasteiger charge is 2.37. The molecule has 1 unspecified atom stereocenters. The summed E-state index contributed by atoms with van der Waals surface area (Å²) in [5.41, 5.74) is 5.91. The molecule has 0 aromatic rings. The third-order valence-electron chi connectivity index (χ3n) is 3.76. The van der Waals surface area contributed by atoms with Crippen molar-refractivity contribution in [2.45, 2.75) is 31.3 Å². The zero-order valence-corrected chi connectivity index (χ0v) is 11.6. The maximum absolute atomic E-state index is 12.2. The smallest absolute Gasteiger partial charge is 0.239 e. The van der Waals surface area contributed by atoms with E-state index in [2.05, 4.69) is 0 Å². The van der Waals surface area contributed by atoms with Crippen molar-refractivity contribution in [3.63, 3.8) is 0 Å². The molecule has 2 aliphatic rings. The molecule has 2 heterocycles. The lowest BCUT2D eigenvalue weighted by molar-refractivity contribution is -0.139. The second-order valence-electron chi connectivity index (χ2n) is 4.95. The largest absolute Gasteiger partial charge is 0.338 e. The zero-order chi connectivity index (χ0) is 13.1. The van der Waals surface area contributed by atoms with Crippen molar-refractivity contribution in [2.75, 3.05) is 31.6 Å². The third kappa shape index (κ3) is 2.80. The summed E-state index contributed by atoms with van der Waals surface area (Å²) in [5.74, 6) is 1.19. The van der Waals surface area contributed by atoms with E-state index in [0.717, 1.165) is 18.6 Å². The Morgan fingerprint density at radius 3 is 3.06 bits per heavy atom. The molecule has 0 aromatic heterocycles. The summed E-state index contributed by atoms with van der Waals surface area (Å²) in [6, 6.07) is -0.163. The van der Waals surface area contributed by atoms with E-state index in [9.17, 15) is 9.59 Å². The minimum absolute atomic E-state index is 0.0445. The first kappa shape index (κ1) is 13.7. The average molecular weight is 271 g/mol. The van der Waals surface area contributed by atoms with Gasteiger partial charge in [-0.1, -0.05) is 0 Å². The Bertz CT molecular complexity index is 337. The molecule has 0 radical (unpaired) electrons. The Labute approximate surface area is 112 Å². The van der Waals surface area contributed by atoms with Crippen LogP contribution in [0.4, 0.5) is 0 Å². The second kappa shape index (κ2) is 5.93. The maximum atomic E-state index is 12.2. The molecule has 2 N–H and O–H groups in total. The van der Waals surface area contributed by atoms with Crippen LogP contribution in [0, 0.1) is 0 Å². The summed E-state index contributed by atoms with van der Waals surface area (Å²) in [7, 11) is 0. The molecule has 2 amide bonds. The van der Waals surface area contributed by atoms with Gasteiger partial charge in [-0.15, -0.1) is 0 Å². The number of fused-ring (bicyclic) bond motifs is 1. The summed E-state index contributed by atoms with van der Waals surface area (Å²) in [5, 5.41) is 0. The number of nitrogens with two attached hydrogens (primary N) is 1. The minimum Gasteiger partial charge on any atom is -0.338 e. The molecule has 0 bridgehead atoms. The lowest BCUT2D eigenvalue weighted by Crippen LogP contribution is -2.56. The van der Waals surface area contributed by atoms with Gasteiger partial charge in [0.15, 0.2) is 0 Å². The molecule has 2 rings (SSSR count). The molecule has 2 fully saturated rings. The quantitative estimate of drug-likeness (QED) is 0.775. The molecule has 0 saturated carbocycles. The van der Waals surface area contributed by atoms with Gasteiger partial charge in [0.25, 0.3) is 0 Å². The van der Waals surface area contributed by atoms with Crippen LogP contribution in [0.25, 0.3) is 0 Å². The van der Waals surface area contributed by atoms with E-state index >= 15 is 0 Å². The highest BCUT2D eigenvalue weighted by Crippen LogP contribution is 2.23. The summed E-state index contributed by atoms with van der Waals surface area (Å²) in [6.07, 6.45) is 4.25. The number of hydrogen-bond acceptors (Lipinski definition) is 4. The van der Waals surface area contributed by atoms with Crippen molar-refractivity contribution < 1.29 is 9.59 Å². The molecule has 18 heavy (non-hydrogen) atoms. The number of hydrogen-bond donors (Lipinski definition) is 1. The monoisotopic (exact) mass is 271 g/mol. The van der Waals surface area contributed by atoms with Gasteiger partial charge in [0.05, 0.1) is 6.04 Å². The number of piperazine rings is 1. The fourth-order valence-electron chi connectivity index (χ4n) is 2.67. The van der Waals surface area contributed by atoms with E-state index in [1.165, 1.54) is 0 Å². The van der Waals surface area contributed by atoms with Gasteiger partial charge in [0.1, 0.15) is 0 Å². The van der Waals surface area contributed by atoms with E-state index in [-0.39, 0.29) is 23.9 Å². The molecular weight excluding hydrogens is 250 g/mol. The van der Waals surface area contributed by atoms with Gasteiger partial charge < -0.3 is 15.5 Å². The van der Waals surface area contributed by atoms with E-state index < -0.39 is 0 Å². The number of nitrogens with zero attached hydrogens (tertiary/aromatic N) is 2. The normalized spacial score (nSPS) is 25.2. The van der Waals surface area contributed by atoms with Crippen molar-refractivity contribution in [3.05, 3.63) is 0 Å². The van der Waals surface area contributed by atoms with Gasteiger partial charge >= 0.3 is 0 Å². The molecule has 2 saturated heterocycles. The summed E-state index contributed by atoms with van der Waals surface area (Å²) in [6.45, 7) is 1.97. The average Bonchev–Trinajstić information content (AvgIpc) is 2.76. The van der Waals surface area contributed by atoms with Crippen LogP contribution < -0.4 is 5.73 Å². The van der Waals surface area contributed by atoms with Gasteiger partial charge in [0.2, 0.25) is 11.8 Å². The van der Waals surface area contributed by atoms with E-state index in [1.807, 2.05) is 16.1 Å². The molecule has 0 spiro atoms. The van der Waals surface area contributed by atoms with Crippen LogP contribution in [0.15, 0.2) is 0 Å². The SMILES string of the molecule is CSCC[C@@H](N)C(=O)N1CCN2C(=O)CCC2C1. The first-order chi connectivity index (χ1) is 8.63. The van der Waals surface area contributed by atoms with Crippen LogP contribution in [-0.4, -0.2) is 65.3 Å². The van der Waals surface area contributed by atoms with Crippen LogP contribution in [0.1, 0.15) is 19.3 Å². The molecule has 5 nitrogen and oxygen atoms in total. The predicted octanol–water partition coefficient (Wildman–Crippen LogP) is -0.1000. The molecule has 2 aliphatic heterocycles. The van der Waals surface area contributed by atoms with E-state index in [1.54, 1.807) is 11.8 Å². The maximum Gasteiger partial charge on any atom is 0.239 e. The molecule has 102 valence electrons. The Morgan fingerprint density at radius 2 is 2.33 bits per heavy atom. The summed E-state index contributed by atoms with van der Waals surface area (Å²) >= 11 is 1.71. The number of carbonyl (C=O) groups excluding carboxylic acids is 2. The highest BCUT2D eigenvalue weighted by molar-refractivity contribution is 7.98. The molecule has 0 aromatic carbocycles. The van der Waals surface area contributed by atoms with E-state index in [0.29, 0.717) is 26.1 Å².